The van der Waals surface area contributed by atoms with Gasteiger partial charge < -0.3 is 10.6 Å². The van der Waals surface area contributed by atoms with E-state index in [1.807, 2.05) is 0 Å². The van der Waals surface area contributed by atoms with E-state index in [0.29, 0.717) is 5.69 Å². The Morgan fingerprint density at radius 2 is 2.00 bits per heavy atom. The van der Waals surface area contributed by atoms with Crippen LogP contribution in [0, 0.1) is 5.92 Å². The molecule has 1 saturated heterocycles. The molecule has 0 aliphatic carbocycles. The topological polar surface area (TPSA) is 75.3 Å². The normalized spacial score (nSPS) is 17.1. The Kier molecular flexibility index (Phi) is 4.21. The number of hydrogen-bond donors (Lipinski definition) is 2. The van der Waals surface area contributed by atoms with Crippen LogP contribution in [0.15, 0.2) is 29.2 Å². The van der Waals surface area contributed by atoms with Gasteiger partial charge in [0.15, 0.2) is 9.84 Å². The second-order valence-electron chi connectivity index (χ2n) is 4.81. The van der Waals surface area contributed by atoms with Crippen molar-refractivity contribution in [3.63, 3.8) is 0 Å². The van der Waals surface area contributed by atoms with E-state index in [9.17, 15) is 13.2 Å². The highest BCUT2D eigenvalue weighted by Gasteiger charge is 2.21. The quantitative estimate of drug-likeness (QED) is 0.868. The third kappa shape index (κ3) is 3.78. The van der Waals surface area contributed by atoms with E-state index in [4.69, 9.17) is 0 Å². The number of hydrogen-bond acceptors (Lipinski definition) is 4. The van der Waals surface area contributed by atoms with Crippen molar-refractivity contribution < 1.29 is 13.2 Å². The highest BCUT2D eigenvalue weighted by Crippen LogP contribution is 2.18. The molecule has 1 aliphatic heterocycles. The molecule has 5 nitrogen and oxygen atoms in total. The fraction of sp³-hybridized carbons (Fsp3) is 0.462. The number of benzene rings is 1. The summed E-state index contributed by atoms with van der Waals surface area (Å²) in [4.78, 5) is 12.3. The van der Waals surface area contributed by atoms with Crippen molar-refractivity contribution in [1.29, 1.82) is 0 Å². The second-order valence-corrected chi connectivity index (χ2v) is 6.83. The monoisotopic (exact) mass is 282 g/mol. The van der Waals surface area contributed by atoms with Gasteiger partial charge in [-0.15, -0.1) is 0 Å². The van der Waals surface area contributed by atoms with E-state index in [1.54, 1.807) is 12.1 Å². The van der Waals surface area contributed by atoms with Gasteiger partial charge in [-0.05, 0) is 44.1 Å². The van der Waals surface area contributed by atoms with Crippen molar-refractivity contribution in [2.75, 3.05) is 24.7 Å². The SMILES string of the molecule is CS(=O)(=O)c1cccc(NC(=O)C2CCNCC2)c1. The Labute approximate surface area is 113 Å². The molecule has 1 heterocycles. The van der Waals surface area contributed by atoms with Crippen LogP contribution < -0.4 is 10.6 Å². The van der Waals surface area contributed by atoms with E-state index in [0.717, 1.165) is 32.2 Å². The van der Waals surface area contributed by atoms with Crippen molar-refractivity contribution in [3.8, 4) is 0 Å². The second kappa shape index (κ2) is 5.71. The Bertz CT molecular complexity index is 563. The molecule has 0 saturated carbocycles. The standard InChI is InChI=1S/C13H18N2O3S/c1-19(17,18)12-4-2-3-11(9-12)15-13(16)10-5-7-14-8-6-10/h2-4,9-10,14H,5-8H2,1H3,(H,15,16). The lowest BCUT2D eigenvalue weighted by atomic mass is 9.97. The molecule has 1 aromatic rings. The van der Waals surface area contributed by atoms with Crippen LogP contribution in [0.2, 0.25) is 0 Å². The van der Waals surface area contributed by atoms with Gasteiger partial charge in [-0.3, -0.25) is 4.79 Å². The Hall–Kier alpha value is -1.40. The molecule has 2 N–H and O–H groups in total. The Morgan fingerprint density at radius 1 is 1.32 bits per heavy atom. The van der Waals surface area contributed by atoms with Crippen molar-refractivity contribution in [1.82, 2.24) is 5.32 Å². The molecule has 1 amide bonds. The maximum absolute atomic E-state index is 12.0. The van der Waals surface area contributed by atoms with Crippen molar-refractivity contribution >= 4 is 21.4 Å². The molecule has 0 radical (unpaired) electrons. The fourth-order valence-corrected chi connectivity index (χ4v) is 2.80. The van der Waals surface area contributed by atoms with Crippen LogP contribution in [-0.4, -0.2) is 33.7 Å². The maximum Gasteiger partial charge on any atom is 0.227 e. The number of sulfone groups is 1. The molecular weight excluding hydrogens is 264 g/mol. The van der Waals surface area contributed by atoms with Crippen LogP contribution in [-0.2, 0) is 14.6 Å². The molecule has 0 bridgehead atoms. The average molecular weight is 282 g/mol. The highest BCUT2D eigenvalue weighted by atomic mass is 32.2. The minimum atomic E-state index is -3.25. The molecule has 1 fully saturated rings. The van der Waals surface area contributed by atoms with E-state index in [1.165, 1.54) is 12.1 Å². The first-order valence-corrected chi connectivity index (χ1v) is 8.17. The van der Waals surface area contributed by atoms with Crippen molar-refractivity contribution in [2.45, 2.75) is 17.7 Å². The molecule has 0 spiro atoms. The van der Waals surface area contributed by atoms with E-state index in [-0.39, 0.29) is 16.7 Å². The van der Waals surface area contributed by atoms with Gasteiger partial charge in [-0.25, -0.2) is 8.42 Å². The number of carbonyl (C=O) groups excluding carboxylic acids is 1. The number of anilines is 1. The molecule has 0 unspecified atom stereocenters. The van der Waals surface area contributed by atoms with Gasteiger partial charge in [0.25, 0.3) is 0 Å². The largest absolute Gasteiger partial charge is 0.326 e. The molecule has 104 valence electrons. The molecule has 2 rings (SSSR count). The Balaban J connectivity index is 2.08. The molecule has 0 aromatic heterocycles. The molecular formula is C13H18N2O3S. The lowest BCUT2D eigenvalue weighted by molar-refractivity contribution is -0.120. The summed E-state index contributed by atoms with van der Waals surface area (Å²) in [5, 5.41) is 6.00. The maximum atomic E-state index is 12.0. The molecule has 0 atom stereocenters. The van der Waals surface area contributed by atoms with E-state index in [2.05, 4.69) is 10.6 Å². The number of rotatable bonds is 3. The predicted octanol–water partition coefficient (Wildman–Crippen LogP) is 1.03. The summed E-state index contributed by atoms with van der Waals surface area (Å²) in [6.07, 6.45) is 2.79. The van der Waals surface area contributed by atoms with Gasteiger partial charge in [0.05, 0.1) is 4.90 Å². The molecule has 1 aromatic carbocycles. The molecule has 19 heavy (non-hydrogen) atoms. The van der Waals surface area contributed by atoms with Gasteiger partial charge in [-0.1, -0.05) is 6.07 Å². The number of amides is 1. The van der Waals surface area contributed by atoms with Gasteiger partial charge in [0, 0.05) is 17.9 Å². The van der Waals surface area contributed by atoms with E-state index >= 15 is 0 Å². The van der Waals surface area contributed by atoms with Gasteiger partial charge in [0.1, 0.15) is 0 Å². The van der Waals surface area contributed by atoms with Crippen LogP contribution in [0.25, 0.3) is 0 Å². The summed E-state index contributed by atoms with van der Waals surface area (Å²) in [7, 11) is -3.25. The van der Waals surface area contributed by atoms with Crippen molar-refractivity contribution in [2.24, 2.45) is 5.92 Å². The average Bonchev–Trinajstić information content (AvgIpc) is 2.39. The Morgan fingerprint density at radius 3 is 2.63 bits per heavy atom. The van der Waals surface area contributed by atoms with Crippen molar-refractivity contribution in [3.05, 3.63) is 24.3 Å². The smallest absolute Gasteiger partial charge is 0.227 e. The zero-order valence-corrected chi connectivity index (χ0v) is 11.7. The zero-order valence-electron chi connectivity index (χ0n) is 10.8. The minimum Gasteiger partial charge on any atom is -0.326 e. The summed E-state index contributed by atoms with van der Waals surface area (Å²) in [6.45, 7) is 1.70. The summed E-state index contributed by atoms with van der Waals surface area (Å²) in [5.74, 6) is -0.0321. The first kappa shape index (κ1) is 14.0. The van der Waals surface area contributed by atoms with Crippen LogP contribution in [0.3, 0.4) is 0 Å². The van der Waals surface area contributed by atoms with Crippen LogP contribution in [0.4, 0.5) is 5.69 Å². The van der Waals surface area contributed by atoms with Gasteiger partial charge >= 0.3 is 0 Å². The third-order valence-corrected chi connectivity index (χ3v) is 4.35. The van der Waals surface area contributed by atoms with Gasteiger partial charge in [-0.2, -0.15) is 0 Å². The third-order valence-electron chi connectivity index (χ3n) is 3.24. The summed E-state index contributed by atoms with van der Waals surface area (Å²) < 4.78 is 22.9. The lowest BCUT2D eigenvalue weighted by Gasteiger charge is -2.21. The molecule has 1 aliphatic rings. The zero-order chi connectivity index (χ0) is 13.9. The first-order chi connectivity index (χ1) is 8.97. The highest BCUT2D eigenvalue weighted by molar-refractivity contribution is 7.90. The summed E-state index contributed by atoms with van der Waals surface area (Å²) in [5.41, 5.74) is 0.534. The fourth-order valence-electron chi connectivity index (χ4n) is 2.13. The van der Waals surface area contributed by atoms with Crippen LogP contribution in [0.1, 0.15) is 12.8 Å². The summed E-state index contributed by atoms with van der Waals surface area (Å²) in [6, 6.07) is 6.35. The number of carbonyl (C=O) groups is 1. The van der Waals surface area contributed by atoms with Crippen LogP contribution >= 0.6 is 0 Å². The summed E-state index contributed by atoms with van der Waals surface area (Å²) >= 11 is 0. The predicted molar refractivity (Wildman–Crippen MR) is 73.8 cm³/mol. The van der Waals surface area contributed by atoms with Gasteiger partial charge in [0.2, 0.25) is 5.91 Å². The first-order valence-electron chi connectivity index (χ1n) is 6.28. The lowest BCUT2D eigenvalue weighted by Crippen LogP contribution is -2.34. The molecule has 6 heteroatoms. The van der Waals surface area contributed by atoms with Crippen LogP contribution in [0.5, 0.6) is 0 Å². The number of piperidine rings is 1. The minimum absolute atomic E-state index is 0.00291. The van der Waals surface area contributed by atoms with E-state index < -0.39 is 9.84 Å². The number of nitrogens with one attached hydrogen (secondary N) is 2.